The van der Waals surface area contributed by atoms with Crippen molar-refractivity contribution in [2.75, 3.05) is 25.5 Å². The molecule has 6 aromatic rings. The predicted octanol–water partition coefficient (Wildman–Crippen LogP) is 5.03. The number of likely N-dealkylation sites (N-methyl/N-ethyl adjacent to an activating group) is 1. The minimum absolute atomic E-state index is 0.115. The number of fused-ring (bicyclic) bond motifs is 1. The topological polar surface area (TPSA) is 132 Å². The zero-order valence-corrected chi connectivity index (χ0v) is 27.7. The molecule has 12 nitrogen and oxygen atoms in total. The van der Waals surface area contributed by atoms with Crippen LogP contribution >= 0.6 is 11.3 Å². The van der Waals surface area contributed by atoms with Gasteiger partial charge in [-0.3, -0.25) is 14.3 Å². The summed E-state index contributed by atoms with van der Waals surface area (Å²) in [5.41, 5.74) is 0.659. The SMILES string of the molecule is CCNC(=O)Nc1ccc(-c2sc3c(c2CN(C)CC(C)n2cnnn2)c(=O)n(-c2ccccc2)c(=O)n3Cc2c(F)cccc2F)cc1. The van der Waals surface area contributed by atoms with E-state index in [1.54, 1.807) is 47.1 Å². The Morgan fingerprint density at radius 2 is 1.69 bits per heavy atom. The second-order valence-electron chi connectivity index (χ2n) is 11.5. The van der Waals surface area contributed by atoms with Crippen LogP contribution in [0.2, 0.25) is 0 Å². The van der Waals surface area contributed by atoms with Crippen LogP contribution in [0, 0.1) is 11.6 Å². The lowest BCUT2D eigenvalue weighted by Gasteiger charge is -2.21. The summed E-state index contributed by atoms with van der Waals surface area (Å²) in [4.78, 5) is 43.8. The first-order valence-corrected chi connectivity index (χ1v) is 16.3. The van der Waals surface area contributed by atoms with Crippen LogP contribution in [0.5, 0.6) is 0 Å². The molecule has 1 unspecified atom stereocenters. The average Bonchev–Trinajstić information content (AvgIpc) is 3.75. The van der Waals surface area contributed by atoms with E-state index in [0.29, 0.717) is 34.9 Å². The largest absolute Gasteiger partial charge is 0.338 e. The molecule has 0 aliphatic carbocycles. The van der Waals surface area contributed by atoms with E-state index in [0.717, 1.165) is 22.3 Å². The highest BCUT2D eigenvalue weighted by Gasteiger charge is 2.26. The molecule has 0 bridgehead atoms. The van der Waals surface area contributed by atoms with Gasteiger partial charge in [0, 0.05) is 35.8 Å². The molecule has 0 spiro atoms. The van der Waals surface area contributed by atoms with Crippen LogP contribution in [-0.2, 0) is 13.1 Å². The van der Waals surface area contributed by atoms with Crippen LogP contribution < -0.4 is 21.9 Å². The fraction of sp³-hybridized carbons (Fsp3) is 0.235. The number of hydrogen-bond acceptors (Lipinski definition) is 8. The minimum Gasteiger partial charge on any atom is -0.338 e. The lowest BCUT2D eigenvalue weighted by Crippen LogP contribution is -2.39. The number of carbonyl (C=O) groups is 1. The van der Waals surface area contributed by atoms with E-state index in [1.165, 1.54) is 28.3 Å². The van der Waals surface area contributed by atoms with Crippen molar-refractivity contribution >= 4 is 33.3 Å². The zero-order chi connectivity index (χ0) is 34.7. The van der Waals surface area contributed by atoms with Crippen molar-refractivity contribution < 1.29 is 13.6 Å². The first kappa shape index (κ1) is 33.4. The Hall–Kier alpha value is -5.54. The quantitative estimate of drug-likeness (QED) is 0.196. The van der Waals surface area contributed by atoms with Crippen molar-refractivity contribution in [3.63, 3.8) is 0 Å². The lowest BCUT2D eigenvalue weighted by molar-refractivity contribution is 0.252. The summed E-state index contributed by atoms with van der Waals surface area (Å²) in [6.07, 6.45) is 1.53. The molecule has 0 saturated heterocycles. The van der Waals surface area contributed by atoms with Crippen LogP contribution in [0.4, 0.5) is 19.3 Å². The number of nitrogens with zero attached hydrogens (tertiary/aromatic N) is 7. The maximum atomic E-state index is 15.0. The standard InChI is InChI=1S/C34H33F2N9O3S/c1-4-37-33(47)39-23-15-13-22(14-16-23)30-26(18-42(3)17-21(2)44-20-38-40-41-44)29-31(46)45(24-9-6-5-7-10-24)34(48)43(32(29)49-30)19-25-27(35)11-8-12-28(25)36/h5-16,20-21H,4,17-19H2,1-3H3,(H2,37,39,47). The van der Waals surface area contributed by atoms with Crippen molar-refractivity contribution in [1.29, 1.82) is 0 Å². The molecule has 1 atom stereocenters. The third-order valence-electron chi connectivity index (χ3n) is 8.03. The Kier molecular flexibility index (Phi) is 9.73. The number of amides is 2. The molecule has 3 aromatic carbocycles. The number of thiophene rings is 1. The van der Waals surface area contributed by atoms with Gasteiger partial charge in [-0.15, -0.1) is 16.4 Å². The average molecular weight is 686 g/mol. The Bertz CT molecular complexity index is 2200. The fourth-order valence-corrected chi connectivity index (χ4v) is 7.02. The van der Waals surface area contributed by atoms with Crippen LogP contribution in [0.1, 0.15) is 31.0 Å². The van der Waals surface area contributed by atoms with Crippen molar-refractivity contribution in [1.82, 2.24) is 39.6 Å². The molecule has 0 aliphatic heterocycles. The van der Waals surface area contributed by atoms with Gasteiger partial charge in [0.05, 0.1) is 23.7 Å². The molecule has 15 heteroatoms. The summed E-state index contributed by atoms with van der Waals surface area (Å²) >= 11 is 1.19. The Labute approximate surface area is 283 Å². The maximum absolute atomic E-state index is 15.0. The van der Waals surface area contributed by atoms with Gasteiger partial charge in [-0.25, -0.2) is 27.6 Å². The normalized spacial score (nSPS) is 12.0. The van der Waals surface area contributed by atoms with E-state index in [2.05, 4.69) is 26.2 Å². The molecule has 0 fully saturated rings. The Balaban J connectivity index is 1.57. The maximum Gasteiger partial charge on any atom is 0.337 e. The molecule has 49 heavy (non-hydrogen) atoms. The summed E-state index contributed by atoms with van der Waals surface area (Å²) < 4.78 is 34.0. The van der Waals surface area contributed by atoms with Gasteiger partial charge in [-0.2, -0.15) is 0 Å². The van der Waals surface area contributed by atoms with Gasteiger partial charge < -0.3 is 10.6 Å². The highest BCUT2D eigenvalue weighted by Crippen LogP contribution is 2.38. The van der Waals surface area contributed by atoms with E-state index < -0.39 is 29.4 Å². The third kappa shape index (κ3) is 6.89. The summed E-state index contributed by atoms with van der Waals surface area (Å²) in [6, 6.07) is 18.6. The first-order chi connectivity index (χ1) is 23.7. The molecule has 2 N–H and O–H groups in total. The highest BCUT2D eigenvalue weighted by atomic mass is 32.1. The number of aromatic nitrogens is 6. The number of urea groups is 1. The van der Waals surface area contributed by atoms with Crippen LogP contribution in [-0.4, -0.2) is 60.4 Å². The number of anilines is 1. The fourth-order valence-electron chi connectivity index (χ4n) is 5.72. The van der Waals surface area contributed by atoms with Gasteiger partial charge in [-0.05, 0) is 78.8 Å². The third-order valence-corrected chi connectivity index (χ3v) is 9.33. The zero-order valence-electron chi connectivity index (χ0n) is 26.9. The van der Waals surface area contributed by atoms with Crippen molar-refractivity contribution in [2.24, 2.45) is 0 Å². The molecule has 0 saturated carbocycles. The lowest BCUT2D eigenvalue weighted by atomic mass is 10.1. The highest BCUT2D eigenvalue weighted by molar-refractivity contribution is 7.22. The number of rotatable bonds is 11. The number of para-hydroxylation sites is 1. The number of halogens is 2. The minimum atomic E-state index is -0.805. The monoisotopic (exact) mass is 685 g/mol. The van der Waals surface area contributed by atoms with Gasteiger partial charge in [0.1, 0.15) is 22.8 Å². The summed E-state index contributed by atoms with van der Waals surface area (Å²) in [5, 5.41) is 17.2. The molecule has 0 aliphatic rings. The molecule has 6 rings (SSSR count). The molecule has 2 amide bonds. The number of nitrogens with one attached hydrogen (secondary N) is 2. The predicted molar refractivity (Wildman–Crippen MR) is 184 cm³/mol. The van der Waals surface area contributed by atoms with E-state index in [4.69, 9.17) is 0 Å². The summed E-state index contributed by atoms with van der Waals surface area (Å²) in [7, 11) is 1.90. The second-order valence-corrected chi connectivity index (χ2v) is 12.5. The Morgan fingerprint density at radius 1 is 0.980 bits per heavy atom. The van der Waals surface area contributed by atoms with Crippen LogP contribution in [0.15, 0.2) is 88.7 Å². The molecular weight excluding hydrogens is 652 g/mol. The molecule has 3 aromatic heterocycles. The summed E-state index contributed by atoms with van der Waals surface area (Å²) in [6.45, 7) is 4.58. The van der Waals surface area contributed by atoms with Gasteiger partial charge in [0.15, 0.2) is 0 Å². The van der Waals surface area contributed by atoms with Crippen LogP contribution in [0.3, 0.4) is 0 Å². The number of hydrogen-bond donors (Lipinski definition) is 2. The van der Waals surface area contributed by atoms with Crippen molar-refractivity contribution in [3.8, 4) is 16.1 Å². The van der Waals surface area contributed by atoms with Crippen molar-refractivity contribution in [2.45, 2.75) is 33.0 Å². The van der Waals surface area contributed by atoms with Gasteiger partial charge in [0.2, 0.25) is 0 Å². The van der Waals surface area contributed by atoms with Crippen LogP contribution in [0.25, 0.3) is 26.3 Å². The second kappa shape index (κ2) is 14.3. The smallest absolute Gasteiger partial charge is 0.337 e. The van der Waals surface area contributed by atoms with Crippen molar-refractivity contribution in [3.05, 3.63) is 123 Å². The summed E-state index contributed by atoms with van der Waals surface area (Å²) in [5.74, 6) is -1.61. The van der Waals surface area contributed by atoms with E-state index in [1.807, 2.05) is 37.9 Å². The molecule has 3 heterocycles. The first-order valence-electron chi connectivity index (χ1n) is 15.5. The number of carbonyl (C=O) groups excluding carboxylic acids is 1. The molecular formula is C34H33F2N9O3S. The van der Waals surface area contributed by atoms with Gasteiger partial charge in [-0.1, -0.05) is 36.4 Å². The molecule has 252 valence electrons. The van der Waals surface area contributed by atoms with E-state index in [9.17, 15) is 14.4 Å². The van der Waals surface area contributed by atoms with Gasteiger partial charge >= 0.3 is 11.7 Å². The number of benzene rings is 3. The number of tetrazole rings is 1. The molecule has 0 radical (unpaired) electrons. The van der Waals surface area contributed by atoms with E-state index >= 15 is 8.78 Å². The van der Waals surface area contributed by atoms with Gasteiger partial charge in [0.25, 0.3) is 5.56 Å². The van der Waals surface area contributed by atoms with E-state index in [-0.39, 0.29) is 34.4 Å². The Morgan fingerprint density at radius 3 is 2.35 bits per heavy atom.